The maximum Gasteiger partial charge on any atom is 0.319 e. The molecule has 2 aromatic rings. The minimum atomic E-state index is -0.414. The van der Waals surface area contributed by atoms with E-state index >= 15 is 0 Å². The molecule has 0 aliphatic carbocycles. The van der Waals surface area contributed by atoms with Crippen molar-refractivity contribution in [3.63, 3.8) is 0 Å². The van der Waals surface area contributed by atoms with Crippen molar-refractivity contribution < 1.29 is 19.1 Å². The van der Waals surface area contributed by atoms with Gasteiger partial charge in [-0.1, -0.05) is 29.8 Å². The summed E-state index contributed by atoms with van der Waals surface area (Å²) in [6, 6.07) is 12.1. The van der Waals surface area contributed by atoms with Crippen LogP contribution in [-0.2, 0) is 0 Å². The second kappa shape index (κ2) is 8.73. The number of amides is 2. The first-order valence-corrected chi connectivity index (χ1v) is 7.90. The Morgan fingerprint density at radius 3 is 2.36 bits per heavy atom. The quantitative estimate of drug-likeness (QED) is 0.756. The van der Waals surface area contributed by atoms with E-state index in [4.69, 9.17) is 9.47 Å². The van der Waals surface area contributed by atoms with Gasteiger partial charge in [0.15, 0.2) is 5.78 Å². The Balaban J connectivity index is 1.86. The number of methoxy groups -OCH3 is 2. The average Bonchev–Trinajstić information content (AvgIpc) is 2.62. The van der Waals surface area contributed by atoms with E-state index in [2.05, 4.69) is 10.6 Å². The number of rotatable bonds is 7. The molecule has 0 bridgehead atoms. The van der Waals surface area contributed by atoms with E-state index < -0.39 is 6.03 Å². The van der Waals surface area contributed by atoms with Crippen LogP contribution in [0, 0.1) is 6.92 Å². The summed E-state index contributed by atoms with van der Waals surface area (Å²) in [7, 11) is 3.06. The molecule has 0 spiro atoms. The molecule has 0 aromatic heterocycles. The lowest BCUT2D eigenvalue weighted by atomic mass is 10.1. The third-order valence-electron chi connectivity index (χ3n) is 3.67. The molecule has 0 atom stereocenters. The normalized spacial score (nSPS) is 10.0. The summed E-state index contributed by atoms with van der Waals surface area (Å²) in [6.07, 6.45) is 0.228. The summed E-state index contributed by atoms with van der Waals surface area (Å²) < 4.78 is 10.3. The van der Waals surface area contributed by atoms with Gasteiger partial charge >= 0.3 is 6.03 Å². The minimum Gasteiger partial charge on any atom is -0.497 e. The van der Waals surface area contributed by atoms with Crippen LogP contribution in [0.1, 0.15) is 22.3 Å². The number of ether oxygens (including phenoxy) is 2. The number of ketones is 1. The summed E-state index contributed by atoms with van der Waals surface area (Å²) in [6.45, 7) is 2.21. The molecule has 0 saturated carbocycles. The summed E-state index contributed by atoms with van der Waals surface area (Å²) in [4.78, 5) is 24.1. The van der Waals surface area contributed by atoms with Crippen LogP contribution in [-0.4, -0.2) is 32.6 Å². The fourth-order valence-electron chi connectivity index (χ4n) is 2.25. The lowest BCUT2D eigenvalue weighted by molar-refractivity contribution is 0.0983. The highest BCUT2D eigenvalue weighted by Crippen LogP contribution is 2.28. The number of urea groups is 1. The zero-order valence-electron chi connectivity index (χ0n) is 14.6. The lowest BCUT2D eigenvalue weighted by Crippen LogP contribution is -2.30. The summed E-state index contributed by atoms with van der Waals surface area (Å²) in [5, 5.41) is 5.36. The monoisotopic (exact) mass is 342 g/mol. The van der Waals surface area contributed by atoms with Crippen LogP contribution in [0.5, 0.6) is 11.5 Å². The number of Topliss-reactive ketones (excluding diaryl/α,β-unsaturated/α-hetero) is 1. The highest BCUT2D eigenvalue weighted by Gasteiger charge is 2.10. The number of hydrogen-bond donors (Lipinski definition) is 2. The maximum atomic E-state index is 12.1. The Morgan fingerprint density at radius 2 is 1.72 bits per heavy atom. The van der Waals surface area contributed by atoms with E-state index in [1.807, 2.05) is 19.1 Å². The molecule has 6 nitrogen and oxygen atoms in total. The number of carbonyl (C=O) groups excluding carboxylic acids is 2. The molecular formula is C19H22N2O4. The Kier molecular flexibility index (Phi) is 6.39. The van der Waals surface area contributed by atoms with E-state index in [0.29, 0.717) is 22.7 Å². The Labute approximate surface area is 147 Å². The van der Waals surface area contributed by atoms with Crippen molar-refractivity contribution in [2.75, 3.05) is 26.1 Å². The van der Waals surface area contributed by atoms with Crippen LogP contribution in [0.3, 0.4) is 0 Å². The summed E-state index contributed by atoms with van der Waals surface area (Å²) in [5.74, 6) is 1.11. The third-order valence-corrected chi connectivity index (χ3v) is 3.67. The molecule has 0 aliphatic rings. The van der Waals surface area contributed by atoms with Gasteiger partial charge in [0.2, 0.25) is 0 Å². The van der Waals surface area contributed by atoms with Gasteiger partial charge in [-0.25, -0.2) is 4.79 Å². The van der Waals surface area contributed by atoms with Gasteiger partial charge in [0.1, 0.15) is 11.5 Å². The van der Waals surface area contributed by atoms with E-state index in [0.717, 1.165) is 5.56 Å². The number of aryl methyl sites for hydroxylation is 1. The molecule has 0 saturated heterocycles. The zero-order valence-corrected chi connectivity index (χ0v) is 14.6. The highest BCUT2D eigenvalue weighted by molar-refractivity contribution is 5.97. The molecule has 2 aromatic carbocycles. The lowest BCUT2D eigenvalue weighted by Gasteiger charge is -2.12. The first-order valence-electron chi connectivity index (χ1n) is 7.90. The first-order chi connectivity index (χ1) is 12.0. The Hall–Kier alpha value is -3.02. The molecule has 2 N–H and O–H groups in total. The van der Waals surface area contributed by atoms with Crippen LogP contribution in [0.25, 0.3) is 0 Å². The minimum absolute atomic E-state index is 0.0146. The average molecular weight is 342 g/mol. The van der Waals surface area contributed by atoms with Crippen LogP contribution < -0.4 is 20.1 Å². The second-order valence-electron chi connectivity index (χ2n) is 5.49. The predicted molar refractivity (Wildman–Crippen MR) is 96.7 cm³/mol. The molecule has 0 aliphatic heterocycles. The molecule has 0 unspecified atom stereocenters. The molecule has 2 rings (SSSR count). The fourth-order valence-corrected chi connectivity index (χ4v) is 2.25. The largest absolute Gasteiger partial charge is 0.497 e. The topological polar surface area (TPSA) is 76.7 Å². The van der Waals surface area contributed by atoms with E-state index in [9.17, 15) is 9.59 Å². The van der Waals surface area contributed by atoms with Crippen molar-refractivity contribution >= 4 is 17.5 Å². The van der Waals surface area contributed by atoms with Crippen LogP contribution in [0.4, 0.5) is 10.5 Å². The number of nitrogens with one attached hydrogen (secondary N) is 2. The van der Waals surface area contributed by atoms with Crippen LogP contribution >= 0.6 is 0 Å². The van der Waals surface area contributed by atoms with Gasteiger partial charge in [-0.3, -0.25) is 4.79 Å². The van der Waals surface area contributed by atoms with Gasteiger partial charge in [0.25, 0.3) is 0 Å². The Morgan fingerprint density at radius 1 is 1.00 bits per heavy atom. The van der Waals surface area contributed by atoms with Crippen molar-refractivity contribution in [2.45, 2.75) is 13.3 Å². The standard InChI is InChI=1S/C19H22N2O4/c1-13-4-6-14(7-5-13)17(22)10-11-20-19(23)21-16-12-15(24-2)8-9-18(16)25-3/h4-9,12H,10-11H2,1-3H3,(H2,20,21,23). The Bertz CT molecular complexity index is 742. The zero-order chi connectivity index (χ0) is 18.2. The smallest absolute Gasteiger partial charge is 0.319 e. The number of hydrogen-bond acceptors (Lipinski definition) is 4. The van der Waals surface area contributed by atoms with E-state index in [1.165, 1.54) is 7.11 Å². The van der Waals surface area contributed by atoms with E-state index in [1.54, 1.807) is 37.4 Å². The molecular weight excluding hydrogens is 320 g/mol. The third kappa shape index (κ3) is 5.24. The van der Waals surface area contributed by atoms with Crippen LogP contribution in [0.15, 0.2) is 42.5 Å². The molecule has 0 fully saturated rings. The van der Waals surface area contributed by atoms with Gasteiger partial charge < -0.3 is 20.1 Å². The molecule has 132 valence electrons. The number of carbonyl (C=O) groups is 2. The SMILES string of the molecule is COc1ccc(OC)c(NC(=O)NCCC(=O)c2ccc(C)cc2)c1. The van der Waals surface area contributed by atoms with Gasteiger partial charge in [0, 0.05) is 24.6 Å². The van der Waals surface area contributed by atoms with Gasteiger partial charge in [-0.2, -0.15) is 0 Å². The molecule has 25 heavy (non-hydrogen) atoms. The molecule has 0 heterocycles. The number of benzene rings is 2. The first kappa shape index (κ1) is 18.3. The highest BCUT2D eigenvalue weighted by atomic mass is 16.5. The predicted octanol–water partition coefficient (Wildman–Crippen LogP) is 3.41. The summed E-state index contributed by atoms with van der Waals surface area (Å²) in [5.41, 5.74) is 2.23. The summed E-state index contributed by atoms with van der Waals surface area (Å²) >= 11 is 0. The molecule has 0 radical (unpaired) electrons. The second-order valence-corrected chi connectivity index (χ2v) is 5.49. The molecule has 2 amide bonds. The van der Waals surface area contributed by atoms with E-state index in [-0.39, 0.29) is 18.7 Å². The van der Waals surface area contributed by atoms with Crippen LogP contribution in [0.2, 0.25) is 0 Å². The van der Waals surface area contributed by atoms with Crippen molar-refractivity contribution in [2.24, 2.45) is 0 Å². The van der Waals surface area contributed by atoms with Crippen molar-refractivity contribution in [1.82, 2.24) is 5.32 Å². The van der Waals surface area contributed by atoms with Gasteiger partial charge in [-0.15, -0.1) is 0 Å². The fraction of sp³-hybridized carbons (Fsp3) is 0.263. The number of anilines is 1. The van der Waals surface area contributed by atoms with Gasteiger partial charge in [-0.05, 0) is 19.1 Å². The maximum absolute atomic E-state index is 12.1. The van der Waals surface area contributed by atoms with Crippen molar-refractivity contribution in [3.8, 4) is 11.5 Å². The molecule has 6 heteroatoms. The van der Waals surface area contributed by atoms with Crippen molar-refractivity contribution in [1.29, 1.82) is 0 Å². The van der Waals surface area contributed by atoms with Crippen molar-refractivity contribution in [3.05, 3.63) is 53.6 Å². The van der Waals surface area contributed by atoms with Gasteiger partial charge in [0.05, 0.1) is 19.9 Å².